The molecule has 0 spiro atoms. The summed E-state index contributed by atoms with van der Waals surface area (Å²) in [6, 6.07) is 8.23. The van der Waals surface area contributed by atoms with Crippen LogP contribution in [0.15, 0.2) is 39.5 Å². The number of fused-ring (bicyclic) bond motifs is 1. The molecule has 0 aliphatic rings. The molecule has 1 amide bonds. The third-order valence-electron chi connectivity index (χ3n) is 2.90. The predicted molar refractivity (Wildman–Crippen MR) is 80.6 cm³/mol. The molecule has 0 radical (unpaired) electrons. The minimum atomic E-state index is -0.876. The number of para-hydroxylation sites is 1. The van der Waals surface area contributed by atoms with Gasteiger partial charge >= 0.3 is 11.6 Å². The Morgan fingerprint density at radius 3 is 2.73 bits per heavy atom. The summed E-state index contributed by atoms with van der Waals surface area (Å²) < 4.78 is 9.88. The summed E-state index contributed by atoms with van der Waals surface area (Å²) in [6.07, 6.45) is 0. The number of nitrogens with one attached hydrogen (secondary N) is 1. The Morgan fingerprint density at radius 2 is 2.00 bits per heavy atom. The highest BCUT2D eigenvalue weighted by Crippen LogP contribution is 2.12. The number of hydrogen-bond donors (Lipinski definition) is 1. The Labute approximate surface area is 127 Å². The van der Waals surface area contributed by atoms with Crippen molar-refractivity contribution >= 4 is 22.8 Å². The number of ether oxygens (including phenoxy) is 1. The molecule has 1 aromatic heterocycles. The molecule has 1 heterocycles. The molecule has 2 rings (SSSR count). The lowest BCUT2D eigenvalue weighted by Gasteiger charge is -2.08. The zero-order valence-corrected chi connectivity index (χ0v) is 12.4. The van der Waals surface area contributed by atoms with Crippen molar-refractivity contribution < 1.29 is 18.7 Å². The molecule has 0 atom stereocenters. The second-order valence-corrected chi connectivity index (χ2v) is 5.26. The molecule has 6 heteroatoms. The molecule has 0 unspecified atom stereocenters. The van der Waals surface area contributed by atoms with Crippen molar-refractivity contribution in [2.75, 3.05) is 13.2 Å². The Hall–Kier alpha value is -2.63. The molecule has 0 saturated carbocycles. The second-order valence-electron chi connectivity index (χ2n) is 5.26. The fourth-order valence-corrected chi connectivity index (χ4v) is 1.78. The molecule has 0 saturated heterocycles. The monoisotopic (exact) mass is 303 g/mol. The van der Waals surface area contributed by atoms with Gasteiger partial charge < -0.3 is 14.5 Å². The lowest BCUT2D eigenvalue weighted by Crippen LogP contribution is -2.32. The topological polar surface area (TPSA) is 85.6 Å². The highest BCUT2D eigenvalue weighted by atomic mass is 16.5. The van der Waals surface area contributed by atoms with E-state index in [1.165, 1.54) is 6.07 Å². The quantitative estimate of drug-likeness (QED) is 0.671. The summed E-state index contributed by atoms with van der Waals surface area (Å²) in [5.74, 6) is -0.987. The number of carbonyl (C=O) groups excluding carboxylic acids is 2. The van der Waals surface area contributed by atoms with E-state index in [0.717, 1.165) is 0 Å². The van der Waals surface area contributed by atoms with Gasteiger partial charge in [-0.2, -0.15) is 0 Å². The van der Waals surface area contributed by atoms with Crippen molar-refractivity contribution in [2.24, 2.45) is 5.92 Å². The first-order valence-corrected chi connectivity index (χ1v) is 6.94. The summed E-state index contributed by atoms with van der Waals surface area (Å²) in [7, 11) is 0. The van der Waals surface area contributed by atoms with Gasteiger partial charge in [-0.3, -0.25) is 4.79 Å². The van der Waals surface area contributed by atoms with Gasteiger partial charge in [0.1, 0.15) is 11.1 Å². The van der Waals surface area contributed by atoms with Crippen LogP contribution in [0.1, 0.15) is 24.2 Å². The third kappa shape index (κ3) is 3.94. The van der Waals surface area contributed by atoms with Gasteiger partial charge in [-0.1, -0.05) is 32.0 Å². The van der Waals surface area contributed by atoms with Crippen LogP contribution in [0.2, 0.25) is 0 Å². The van der Waals surface area contributed by atoms with E-state index in [2.05, 4.69) is 5.32 Å². The van der Waals surface area contributed by atoms with Crippen LogP contribution in [0.5, 0.6) is 0 Å². The molecule has 22 heavy (non-hydrogen) atoms. The predicted octanol–water partition coefficient (Wildman–Crippen LogP) is 1.72. The van der Waals surface area contributed by atoms with Crippen LogP contribution in [0.25, 0.3) is 11.0 Å². The van der Waals surface area contributed by atoms with E-state index in [4.69, 9.17) is 9.15 Å². The SMILES string of the molecule is CC(C)CNC(=O)COC(=O)c1cc2ccccc2oc1=O. The van der Waals surface area contributed by atoms with Gasteiger partial charge in [0, 0.05) is 11.9 Å². The van der Waals surface area contributed by atoms with Crippen molar-refractivity contribution in [2.45, 2.75) is 13.8 Å². The summed E-state index contributed by atoms with van der Waals surface area (Å²) in [5.41, 5.74) is -0.625. The molecular weight excluding hydrogens is 286 g/mol. The largest absolute Gasteiger partial charge is 0.452 e. The number of amides is 1. The minimum absolute atomic E-state index is 0.227. The first-order chi connectivity index (χ1) is 10.5. The molecule has 0 aliphatic carbocycles. The maximum atomic E-state index is 11.9. The van der Waals surface area contributed by atoms with Crippen LogP contribution in [0.4, 0.5) is 0 Å². The van der Waals surface area contributed by atoms with Crippen molar-refractivity contribution in [3.05, 3.63) is 46.3 Å². The average Bonchev–Trinajstić information content (AvgIpc) is 2.49. The van der Waals surface area contributed by atoms with Gasteiger partial charge in [0.05, 0.1) is 0 Å². The first kappa shape index (κ1) is 15.8. The lowest BCUT2D eigenvalue weighted by atomic mass is 10.2. The molecule has 116 valence electrons. The average molecular weight is 303 g/mol. The molecule has 1 N–H and O–H groups in total. The van der Waals surface area contributed by atoms with Gasteiger partial charge in [0.15, 0.2) is 6.61 Å². The zero-order chi connectivity index (χ0) is 16.1. The van der Waals surface area contributed by atoms with Gasteiger partial charge in [-0.25, -0.2) is 9.59 Å². The Kier molecular flexibility index (Phi) is 4.93. The van der Waals surface area contributed by atoms with Crippen molar-refractivity contribution in [1.29, 1.82) is 0 Å². The molecule has 2 aromatic rings. The van der Waals surface area contributed by atoms with Crippen LogP contribution < -0.4 is 10.9 Å². The smallest absolute Gasteiger partial charge is 0.351 e. The van der Waals surface area contributed by atoms with E-state index in [-0.39, 0.29) is 5.56 Å². The molecule has 0 aliphatic heterocycles. The van der Waals surface area contributed by atoms with Crippen LogP contribution in [-0.2, 0) is 9.53 Å². The number of carbonyl (C=O) groups is 2. The standard InChI is InChI=1S/C16H17NO5/c1-10(2)8-17-14(18)9-21-15(19)12-7-11-5-3-4-6-13(11)22-16(12)20/h3-7,10H,8-9H2,1-2H3,(H,17,18). The Bertz CT molecular complexity index is 748. The van der Waals surface area contributed by atoms with Crippen molar-refractivity contribution in [3.63, 3.8) is 0 Å². The first-order valence-electron chi connectivity index (χ1n) is 6.94. The Balaban J connectivity index is 2.05. The highest BCUT2D eigenvalue weighted by molar-refractivity contribution is 5.94. The van der Waals surface area contributed by atoms with Crippen LogP contribution in [0, 0.1) is 5.92 Å². The maximum absolute atomic E-state index is 11.9. The van der Waals surface area contributed by atoms with Gasteiger partial charge in [-0.15, -0.1) is 0 Å². The molecule has 0 bridgehead atoms. The van der Waals surface area contributed by atoms with E-state index in [9.17, 15) is 14.4 Å². The van der Waals surface area contributed by atoms with Crippen LogP contribution in [-0.4, -0.2) is 25.0 Å². The van der Waals surface area contributed by atoms with Gasteiger partial charge in [0.2, 0.25) is 0 Å². The van der Waals surface area contributed by atoms with E-state index in [1.807, 2.05) is 13.8 Å². The number of benzene rings is 1. The highest BCUT2D eigenvalue weighted by Gasteiger charge is 2.16. The Morgan fingerprint density at radius 1 is 1.27 bits per heavy atom. The summed E-state index contributed by atoms with van der Waals surface area (Å²) in [6.45, 7) is 3.96. The van der Waals surface area contributed by atoms with Crippen LogP contribution in [0.3, 0.4) is 0 Å². The lowest BCUT2D eigenvalue weighted by molar-refractivity contribution is -0.124. The third-order valence-corrected chi connectivity index (χ3v) is 2.90. The summed E-state index contributed by atoms with van der Waals surface area (Å²) in [5, 5.41) is 3.22. The van der Waals surface area contributed by atoms with Crippen LogP contribution >= 0.6 is 0 Å². The molecule has 0 fully saturated rings. The number of esters is 1. The maximum Gasteiger partial charge on any atom is 0.351 e. The zero-order valence-electron chi connectivity index (χ0n) is 12.4. The molecule has 6 nitrogen and oxygen atoms in total. The molecule has 1 aromatic carbocycles. The second kappa shape index (κ2) is 6.89. The van der Waals surface area contributed by atoms with E-state index in [1.54, 1.807) is 24.3 Å². The van der Waals surface area contributed by atoms with E-state index in [0.29, 0.717) is 23.4 Å². The van der Waals surface area contributed by atoms with Gasteiger partial charge in [-0.05, 0) is 18.1 Å². The van der Waals surface area contributed by atoms with E-state index >= 15 is 0 Å². The number of rotatable bonds is 5. The molecular formula is C16H17NO5. The van der Waals surface area contributed by atoms with Crippen molar-refractivity contribution in [3.8, 4) is 0 Å². The number of hydrogen-bond acceptors (Lipinski definition) is 5. The van der Waals surface area contributed by atoms with Gasteiger partial charge in [0.25, 0.3) is 5.91 Å². The van der Waals surface area contributed by atoms with Crippen molar-refractivity contribution in [1.82, 2.24) is 5.32 Å². The fourth-order valence-electron chi connectivity index (χ4n) is 1.78. The van der Waals surface area contributed by atoms with E-state index < -0.39 is 24.1 Å². The fraction of sp³-hybridized carbons (Fsp3) is 0.312. The normalized spacial score (nSPS) is 10.7. The minimum Gasteiger partial charge on any atom is -0.452 e. The summed E-state index contributed by atoms with van der Waals surface area (Å²) in [4.78, 5) is 35.1. The summed E-state index contributed by atoms with van der Waals surface area (Å²) >= 11 is 0.